The van der Waals surface area contributed by atoms with E-state index < -0.39 is 0 Å². The van der Waals surface area contributed by atoms with E-state index in [0.29, 0.717) is 35.6 Å². The van der Waals surface area contributed by atoms with Gasteiger partial charge >= 0.3 is 0 Å². The van der Waals surface area contributed by atoms with Crippen molar-refractivity contribution in [2.24, 2.45) is 0 Å². The van der Waals surface area contributed by atoms with E-state index in [1.807, 2.05) is 37.3 Å². The Morgan fingerprint density at radius 3 is 2.48 bits per heavy atom. The molecule has 1 amide bonds. The maximum absolute atomic E-state index is 12.8. The third-order valence-electron chi connectivity index (χ3n) is 4.36. The molecule has 0 bridgehead atoms. The Kier molecular flexibility index (Phi) is 6.44. The van der Waals surface area contributed by atoms with Gasteiger partial charge in [-0.05, 0) is 49.6 Å². The molecule has 3 rings (SSSR count). The molecule has 0 radical (unpaired) electrons. The highest BCUT2D eigenvalue weighted by atomic mass is 16.5. The van der Waals surface area contributed by atoms with Crippen molar-refractivity contribution < 1.29 is 9.53 Å². The number of carbonyl (C=O) groups excluding carboxylic acids is 1. The molecule has 0 aliphatic carbocycles. The van der Waals surface area contributed by atoms with Gasteiger partial charge < -0.3 is 15.4 Å². The Morgan fingerprint density at radius 2 is 1.79 bits per heavy atom. The summed E-state index contributed by atoms with van der Waals surface area (Å²) in [5, 5.41) is 6.11. The van der Waals surface area contributed by atoms with E-state index in [2.05, 4.69) is 46.6 Å². The van der Waals surface area contributed by atoms with Crippen molar-refractivity contribution in [3.63, 3.8) is 0 Å². The zero-order valence-electron chi connectivity index (χ0n) is 17.2. The van der Waals surface area contributed by atoms with Crippen LogP contribution in [-0.4, -0.2) is 22.5 Å². The summed E-state index contributed by atoms with van der Waals surface area (Å²) in [5.74, 6) is 1.86. The second-order valence-corrected chi connectivity index (χ2v) is 6.97. The minimum absolute atomic E-state index is 0.283. The van der Waals surface area contributed by atoms with Crippen molar-refractivity contribution in [1.82, 2.24) is 9.97 Å². The van der Waals surface area contributed by atoms with E-state index in [-0.39, 0.29) is 11.6 Å². The molecule has 0 unspecified atom stereocenters. The van der Waals surface area contributed by atoms with Crippen LogP contribution in [-0.2, 0) is 0 Å². The lowest BCUT2D eigenvalue weighted by atomic mass is 10.0. The van der Waals surface area contributed by atoms with Gasteiger partial charge in [-0.3, -0.25) is 4.79 Å². The minimum Gasteiger partial charge on any atom is -0.492 e. The largest absolute Gasteiger partial charge is 0.492 e. The van der Waals surface area contributed by atoms with E-state index >= 15 is 0 Å². The lowest BCUT2D eigenvalue weighted by molar-refractivity contribution is 0.102. The van der Waals surface area contributed by atoms with Gasteiger partial charge in [0.25, 0.3) is 5.91 Å². The van der Waals surface area contributed by atoms with Crippen LogP contribution < -0.4 is 15.4 Å². The highest BCUT2D eigenvalue weighted by Gasteiger charge is 2.13. The van der Waals surface area contributed by atoms with Crippen LogP contribution in [0.2, 0.25) is 0 Å². The van der Waals surface area contributed by atoms with Crippen LogP contribution in [0.15, 0.2) is 54.6 Å². The van der Waals surface area contributed by atoms with Crippen LogP contribution in [0.1, 0.15) is 48.6 Å². The third kappa shape index (κ3) is 5.31. The van der Waals surface area contributed by atoms with Crippen LogP contribution in [0, 0.1) is 6.92 Å². The number of nitrogens with zero attached hydrogens (tertiary/aromatic N) is 2. The Balaban J connectivity index is 1.79. The van der Waals surface area contributed by atoms with Crippen molar-refractivity contribution >= 4 is 23.1 Å². The van der Waals surface area contributed by atoms with Gasteiger partial charge in [0.2, 0.25) is 0 Å². The van der Waals surface area contributed by atoms with Crippen LogP contribution in [0.3, 0.4) is 0 Å². The molecule has 0 saturated carbocycles. The fraction of sp³-hybridized carbons (Fsp3) is 0.261. The van der Waals surface area contributed by atoms with E-state index in [0.717, 1.165) is 5.69 Å². The number of amides is 1. The molecule has 0 aliphatic rings. The number of hydrogen-bond donors (Lipinski definition) is 2. The molecular weight excluding hydrogens is 364 g/mol. The van der Waals surface area contributed by atoms with Crippen molar-refractivity contribution in [3.8, 4) is 5.75 Å². The average molecular weight is 390 g/mol. The Labute approximate surface area is 171 Å². The first-order valence-corrected chi connectivity index (χ1v) is 9.72. The second-order valence-electron chi connectivity index (χ2n) is 6.97. The molecule has 1 aromatic heterocycles. The molecule has 6 heteroatoms. The van der Waals surface area contributed by atoms with Gasteiger partial charge in [0.1, 0.15) is 23.1 Å². The number of para-hydroxylation sites is 2. The van der Waals surface area contributed by atoms with E-state index in [9.17, 15) is 4.79 Å². The monoisotopic (exact) mass is 390 g/mol. The smallest absolute Gasteiger partial charge is 0.274 e. The second kappa shape index (κ2) is 9.19. The van der Waals surface area contributed by atoms with Gasteiger partial charge in [0.05, 0.1) is 12.3 Å². The van der Waals surface area contributed by atoms with E-state index in [1.54, 1.807) is 19.1 Å². The number of rotatable bonds is 7. The number of hydrogen-bond acceptors (Lipinski definition) is 5. The summed E-state index contributed by atoms with van der Waals surface area (Å²) in [6, 6.07) is 17.1. The number of aryl methyl sites for hydroxylation is 1. The lowest BCUT2D eigenvalue weighted by Gasteiger charge is -2.12. The third-order valence-corrected chi connectivity index (χ3v) is 4.36. The standard InChI is InChI=1S/C23H26N4O2/c1-5-29-21-9-7-6-8-19(21)27-23(28)20-14-22(25-16(4)24-20)26-18-12-10-17(11-13-18)15(2)3/h6-15H,5H2,1-4H3,(H,27,28)(H,24,25,26). The van der Waals surface area contributed by atoms with Gasteiger partial charge in [-0.25, -0.2) is 9.97 Å². The molecule has 0 atom stereocenters. The fourth-order valence-electron chi connectivity index (χ4n) is 2.88. The van der Waals surface area contributed by atoms with Gasteiger partial charge in [0, 0.05) is 11.8 Å². The number of nitrogens with one attached hydrogen (secondary N) is 2. The first-order chi connectivity index (χ1) is 14.0. The SMILES string of the molecule is CCOc1ccccc1NC(=O)c1cc(Nc2ccc(C(C)C)cc2)nc(C)n1. The predicted molar refractivity (Wildman–Crippen MR) is 116 cm³/mol. The molecule has 0 saturated heterocycles. The fourth-order valence-corrected chi connectivity index (χ4v) is 2.88. The quantitative estimate of drug-likeness (QED) is 0.572. The highest BCUT2D eigenvalue weighted by molar-refractivity contribution is 6.04. The Morgan fingerprint density at radius 1 is 1.07 bits per heavy atom. The molecule has 29 heavy (non-hydrogen) atoms. The topological polar surface area (TPSA) is 76.1 Å². The Bertz CT molecular complexity index is 984. The summed E-state index contributed by atoms with van der Waals surface area (Å²) in [4.78, 5) is 21.4. The van der Waals surface area contributed by atoms with Crippen LogP contribution in [0.25, 0.3) is 0 Å². The van der Waals surface area contributed by atoms with Crippen molar-refractivity contribution in [2.45, 2.75) is 33.6 Å². The predicted octanol–water partition coefficient (Wildman–Crippen LogP) is 5.30. The number of anilines is 3. The number of benzene rings is 2. The molecule has 0 spiro atoms. The molecule has 150 valence electrons. The number of carbonyl (C=O) groups is 1. The number of ether oxygens (including phenoxy) is 1. The number of aromatic nitrogens is 2. The zero-order valence-corrected chi connectivity index (χ0v) is 17.2. The summed E-state index contributed by atoms with van der Waals surface area (Å²) in [7, 11) is 0. The summed E-state index contributed by atoms with van der Waals surface area (Å²) >= 11 is 0. The van der Waals surface area contributed by atoms with Crippen molar-refractivity contribution in [2.75, 3.05) is 17.2 Å². The Hall–Kier alpha value is -3.41. The van der Waals surface area contributed by atoms with E-state index in [1.165, 1.54) is 5.56 Å². The lowest BCUT2D eigenvalue weighted by Crippen LogP contribution is -2.16. The van der Waals surface area contributed by atoms with Crippen molar-refractivity contribution in [1.29, 1.82) is 0 Å². The molecule has 0 aliphatic heterocycles. The minimum atomic E-state index is -0.319. The normalized spacial score (nSPS) is 10.7. The maximum Gasteiger partial charge on any atom is 0.274 e. The van der Waals surface area contributed by atoms with Crippen LogP contribution >= 0.6 is 0 Å². The summed E-state index contributed by atoms with van der Waals surface area (Å²) in [6.07, 6.45) is 0. The summed E-state index contributed by atoms with van der Waals surface area (Å²) in [6.45, 7) is 8.49. The van der Waals surface area contributed by atoms with E-state index in [4.69, 9.17) is 4.74 Å². The molecule has 2 aromatic carbocycles. The first-order valence-electron chi connectivity index (χ1n) is 9.72. The van der Waals surface area contributed by atoms with Gasteiger partial charge in [-0.1, -0.05) is 38.1 Å². The molecule has 6 nitrogen and oxygen atoms in total. The maximum atomic E-state index is 12.8. The van der Waals surface area contributed by atoms with Crippen molar-refractivity contribution in [3.05, 3.63) is 71.7 Å². The zero-order chi connectivity index (χ0) is 20.8. The first kappa shape index (κ1) is 20.3. The summed E-state index contributed by atoms with van der Waals surface area (Å²) in [5.41, 5.74) is 3.06. The van der Waals surface area contributed by atoms with Gasteiger partial charge in [0.15, 0.2) is 0 Å². The highest BCUT2D eigenvalue weighted by Crippen LogP contribution is 2.25. The van der Waals surface area contributed by atoms with Gasteiger partial charge in [-0.2, -0.15) is 0 Å². The summed E-state index contributed by atoms with van der Waals surface area (Å²) < 4.78 is 5.57. The van der Waals surface area contributed by atoms with Crippen LogP contribution in [0.4, 0.5) is 17.2 Å². The van der Waals surface area contributed by atoms with Crippen LogP contribution in [0.5, 0.6) is 5.75 Å². The average Bonchev–Trinajstić information content (AvgIpc) is 2.69. The molecule has 0 fully saturated rings. The van der Waals surface area contributed by atoms with Gasteiger partial charge in [-0.15, -0.1) is 0 Å². The molecule has 2 N–H and O–H groups in total. The molecular formula is C23H26N4O2. The molecule has 1 heterocycles. The molecule has 3 aromatic rings.